The number of hydrogen-bond acceptors (Lipinski definition) is 2. The second-order valence-electron chi connectivity index (χ2n) is 5.12. The Hall–Kier alpha value is -0.570. The largest absolute Gasteiger partial charge is 0.396 e. The number of nitrogens with one attached hydrogen (secondary N) is 1. The van der Waals surface area contributed by atoms with Gasteiger partial charge in [-0.05, 0) is 25.2 Å². The van der Waals surface area contributed by atoms with E-state index in [4.69, 9.17) is 5.11 Å². The molecule has 0 saturated carbocycles. The minimum Gasteiger partial charge on any atom is -0.396 e. The van der Waals surface area contributed by atoms with Gasteiger partial charge < -0.3 is 10.4 Å². The fraction of sp³-hybridized carbons (Fsp3) is 0.929. The van der Waals surface area contributed by atoms with E-state index < -0.39 is 0 Å². The molecule has 0 radical (unpaired) electrons. The van der Waals surface area contributed by atoms with Crippen molar-refractivity contribution >= 4 is 5.91 Å². The zero-order valence-electron chi connectivity index (χ0n) is 11.8. The minimum absolute atomic E-state index is 0.100. The Balaban J connectivity index is 4.25. The number of carbonyl (C=O) groups excluding carboxylic acids is 1. The molecule has 2 atom stereocenters. The lowest BCUT2D eigenvalue weighted by molar-refractivity contribution is -0.126. The van der Waals surface area contributed by atoms with Crippen LogP contribution in [-0.4, -0.2) is 23.7 Å². The Morgan fingerprint density at radius 2 is 1.88 bits per heavy atom. The van der Waals surface area contributed by atoms with E-state index in [1.165, 1.54) is 0 Å². The zero-order chi connectivity index (χ0) is 13.3. The van der Waals surface area contributed by atoms with Gasteiger partial charge in [0.15, 0.2) is 0 Å². The van der Waals surface area contributed by atoms with Crippen molar-refractivity contribution in [3.05, 3.63) is 0 Å². The highest BCUT2D eigenvalue weighted by molar-refractivity contribution is 5.78. The third-order valence-corrected chi connectivity index (χ3v) is 3.34. The molecule has 0 aromatic heterocycles. The molecule has 2 N–H and O–H groups in total. The molecule has 0 saturated heterocycles. The molecule has 0 aromatic rings. The van der Waals surface area contributed by atoms with Crippen molar-refractivity contribution in [2.45, 2.75) is 65.8 Å². The standard InChI is InChI=1S/C14H29NO2/c1-5-7-8-12(6-2)14(17)15-13(9-10-16)11(3)4/h11-13,16H,5-10H2,1-4H3,(H,15,17). The highest BCUT2D eigenvalue weighted by Crippen LogP contribution is 2.14. The molecular formula is C14H29NO2. The number of unbranched alkanes of at least 4 members (excludes halogenated alkanes) is 1. The predicted octanol–water partition coefficient (Wildman–Crippen LogP) is 2.73. The van der Waals surface area contributed by atoms with Gasteiger partial charge in [0.25, 0.3) is 0 Å². The predicted molar refractivity (Wildman–Crippen MR) is 71.8 cm³/mol. The van der Waals surface area contributed by atoms with Gasteiger partial charge >= 0.3 is 0 Å². The highest BCUT2D eigenvalue weighted by Gasteiger charge is 2.21. The first-order valence-electron chi connectivity index (χ1n) is 6.97. The second kappa shape index (κ2) is 9.46. The van der Waals surface area contributed by atoms with Crippen LogP contribution in [0.5, 0.6) is 0 Å². The average Bonchev–Trinajstić information content (AvgIpc) is 2.29. The maximum Gasteiger partial charge on any atom is 0.223 e. The lowest BCUT2D eigenvalue weighted by atomic mass is 9.96. The molecule has 0 aliphatic rings. The summed E-state index contributed by atoms with van der Waals surface area (Å²) in [6, 6.07) is 0.100. The number of carbonyl (C=O) groups is 1. The Labute approximate surface area is 106 Å². The van der Waals surface area contributed by atoms with E-state index in [0.717, 1.165) is 25.7 Å². The van der Waals surface area contributed by atoms with Crippen molar-refractivity contribution in [3.63, 3.8) is 0 Å². The molecule has 0 aromatic carbocycles. The fourth-order valence-corrected chi connectivity index (χ4v) is 1.98. The van der Waals surface area contributed by atoms with Crippen LogP contribution in [0.4, 0.5) is 0 Å². The summed E-state index contributed by atoms with van der Waals surface area (Å²) in [6.45, 7) is 8.50. The normalized spacial score (nSPS) is 14.7. The van der Waals surface area contributed by atoms with Gasteiger partial charge in [0.1, 0.15) is 0 Å². The van der Waals surface area contributed by atoms with Crippen molar-refractivity contribution in [1.82, 2.24) is 5.32 Å². The molecule has 3 heteroatoms. The Morgan fingerprint density at radius 1 is 1.24 bits per heavy atom. The number of rotatable bonds is 9. The van der Waals surface area contributed by atoms with Crippen molar-refractivity contribution in [1.29, 1.82) is 0 Å². The first kappa shape index (κ1) is 16.4. The molecular weight excluding hydrogens is 214 g/mol. The Kier molecular flexibility index (Phi) is 9.14. The lowest BCUT2D eigenvalue weighted by Gasteiger charge is -2.24. The van der Waals surface area contributed by atoms with Crippen LogP contribution in [0.1, 0.15) is 59.8 Å². The number of amides is 1. The van der Waals surface area contributed by atoms with Crippen LogP contribution in [0.3, 0.4) is 0 Å². The van der Waals surface area contributed by atoms with E-state index in [1.807, 2.05) is 0 Å². The van der Waals surface area contributed by atoms with Crippen molar-refractivity contribution in [3.8, 4) is 0 Å². The maximum atomic E-state index is 12.1. The summed E-state index contributed by atoms with van der Waals surface area (Å²) >= 11 is 0. The monoisotopic (exact) mass is 243 g/mol. The summed E-state index contributed by atoms with van der Waals surface area (Å²) in [4.78, 5) is 12.1. The van der Waals surface area contributed by atoms with E-state index >= 15 is 0 Å². The van der Waals surface area contributed by atoms with Crippen LogP contribution in [0.25, 0.3) is 0 Å². The van der Waals surface area contributed by atoms with E-state index in [0.29, 0.717) is 12.3 Å². The van der Waals surface area contributed by atoms with Crippen LogP contribution in [0.15, 0.2) is 0 Å². The number of aliphatic hydroxyl groups excluding tert-OH is 1. The topological polar surface area (TPSA) is 49.3 Å². The molecule has 3 nitrogen and oxygen atoms in total. The maximum absolute atomic E-state index is 12.1. The molecule has 0 rings (SSSR count). The van der Waals surface area contributed by atoms with E-state index in [9.17, 15) is 4.79 Å². The molecule has 0 fully saturated rings. The fourth-order valence-electron chi connectivity index (χ4n) is 1.98. The zero-order valence-corrected chi connectivity index (χ0v) is 11.8. The van der Waals surface area contributed by atoms with Gasteiger partial charge in [-0.2, -0.15) is 0 Å². The van der Waals surface area contributed by atoms with E-state index in [2.05, 4.69) is 33.0 Å². The SMILES string of the molecule is CCCCC(CC)C(=O)NC(CCO)C(C)C. The van der Waals surface area contributed by atoms with Gasteiger partial charge in [-0.15, -0.1) is 0 Å². The van der Waals surface area contributed by atoms with Gasteiger partial charge in [0, 0.05) is 18.6 Å². The van der Waals surface area contributed by atoms with E-state index in [1.54, 1.807) is 0 Å². The lowest BCUT2D eigenvalue weighted by Crippen LogP contribution is -2.42. The molecule has 0 bridgehead atoms. The molecule has 0 aliphatic heterocycles. The van der Waals surface area contributed by atoms with Crippen molar-refractivity contribution in [2.24, 2.45) is 11.8 Å². The molecule has 0 aliphatic carbocycles. The van der Waals surface area contributed by atoms with Crippen LogP contribution in [0.2, 0.25) is 0 Å². The second-order valence-corrected chi connectivity index (χ2v) is 5.12. The minimum atomic E-state index is 0.100. The summed E-state index contributed by atoms with van der Waals surface area (Å²) < 4.78 is 0. The smallest absolute Gasteiger partial charge is 0.223 e. The first-order valence-corrected chi connectivity index (χ1v) is 6.97. The van der Waals surface area contributed by atoms with Crippen molar-refractivity contribution < 1.29 is 9.90 Å². The molecule has 1 amide bonds. The number of hydrogen-bond donors (Lipinski definition) is 2. The van der Waals surface area contributed by atoms with Gasteiger partial charge in [-0.25, -0.2) is 0 Å². The highest BCUT2D eigenvalue weighted by atomic mass is 16.3. The summed E-state index contributed by atoms with van der Waals surface area (Å²) in [5.41, 5.74) is 0. The Bertz CT molecular complexity index is 204. The molecule has 102 valence electrons. The molecule has 2 unspecified atom stereocenters. The summed E-state index contributed by atoms with van der Waals surface area (Å²) in [7, 11) is 0. The molecule has 0 heterocycles. The van der Waals surface area contributed by atoms with Gasteiger partial charge in [0.05, 0.1) is 0 Å². The summed E-state index contributed by atoms with van der Waals surface area (Å²) in [5, 5.41) is 12.1. The average molecular weight is 243 g/mol. The van der Waals surface area contributed by atoms with Crippen LogP contribution >= 0.6 is 0 Å². The van der Waals surface area contributed by atoms with Crippen LogP contribution < -0.4 is 5.32 Å². The summed E-state index contributed by atoms with van der Waals surface area (Å²) in [6.07, 6.45) is 4.76. The quantitative estimate of drug-likeness (QED) is 0.654. The third-order valence-electron chi connectivity index (χ3n) is 3.34. The van der Waals surface area contributed by atoms with Gasteiger partial charge in [-0.3, -0.25) is 4.79 Å². The molecule has 17 heavy (non-hydrogen) atoms. The summed E-state index contributed by atoms with van der Waals surface area (Å²) in [5.74, 6) is 0.665. The van der Waals surface area contributed by atoms with Gasteiger partial charge in [0.2, 0.25) is 5.91 Å². The van der Waals surface area contributed by atoms with E-state index in [-0.39, 0.29) is 24.5 Å². The molecule has 0 spiro atoms. The van der Waals surface area contributed by atoms with Crippen molar-refractivity contribution in [2.75, 3.05) is 6.61 Å². The van der Waals surface area contributed by atoms with Crippen LogP contribution in [-0.2, 0) is 4.79 Å². The number of aliphatic hydroxyl groups is 1. The first-order chi connectivity index (χ1) is 8.06. The Morgan fingerprint density at radius 3 is 2.29 bits per heavy atom. The van der Waals surface area contributed by atoms with Gasteiger partial charge in [-0.1, -0.05) is 40.5 Å². The third kappa shape index (κ3) is 6.67. The van der Waals surface area contributed by atoms with Crippen LogP contribution in [0, 0.1) is 11.8 Å².